The van der Waals surface area contributed by atoms with Crippen molar-refractivity contribution in [2.75, 3.05) is 13.7 Å². The highest BCUT2D eigenvalue weighted by atomic mass is 16.5. The van der Waals surface area contributed by atoms with E-state index in [4.69, 9.17) is 4.74 Å². The van der Waals surface area contributed by atoms with Crippen LogP contribution < -0.4 is 5.32 Å². The first-order valence-electron chi connectivity index (χ1n) is 6.36. The van der Waals surface area contributed by atoms with Gasteiger partial charge in [-0.05, 0) is 39.0 Å². The third kappa shape index (κ3) is 3.76. The van der Waals surface area contributed by atoms with Crippen molar-refractivity contribution in [2.24, 2.45) is 5.92 Å². The summed E-state index contributed by atoms with van der Waals surface area (Å²) >= 11 is 0. The van der Waals surface area contributed by atoms with Crippen LogP contribution in [-0.2, 0) is 4.74 Å². The van der Waals surface area contributed by atoms with Gasteiger partial charge in [0, 0.05) is 18.7 Å². The second-order valence-electron chi connectivity index (χ2n) is 5.41. The SMILES string of the molecule is CCC(COC)NC(C)(C)C1CCCC1. The molecule has 1 saturated carbocycles. The average Bonchev–Trinajstić information content (AvgIpc) is 2.70. The largest absolute Gasteiger partial charge is 0.383 e. The van der Waals surface area contributed by atoms with Gasteiger partial charge in [-0.2, -0.15) is 0 Å². The molecule has 1 fully saturated rings. The normalized spacial score (nSPS) is 20.8. The number of ether oxygens (including phenoxy) is 1. The first kappa shape index (κ1) is 13.0. The van der Waals surface area contributed by atoms with Gasteiger partial charge in [-0.1, -0.05) is 19.8 Å². The van der Waals surface area contributed by atoms with Crippen LogP contribution in [0.1, 0.15) is 52.9 Å². The van der Waals surface area contributed by atoms with Gasteiger partial charge in [-0.15, -0.1) is 0 Å². The number of methoxy groups -OCH3 is 1. The van der Waals surface area contributed by atoms with E-state index in [1.165, 1.54) is 25.7 Å². The molecule has 1 aliphatic rings. The highest BCUT2D eigenvalue weighted by Crippen LogP contribution is 2.34. The van der Waals surface area contributed by atoms with E-state index in [0.717, 1.165) is 18.9 Å². The fourth-order valence-electron chi connectivity index (χ4n) is 2.75. The van der Waals surface area contributed by atoms with Gasteiger partial charge in [0.25, 0.3) is 0 Å². The van der Waals surface area contributed by atoms with Gasteiger partial charge in [0.05, 0.1) is 6.61 Å². The van der Waals surface area contributed by atoms with Crippen LogP contribution in [0.5, 0.6) is 0 Å². The Bertz CT molecular complexity index is 173. The monoisotopic (exact) mass is 213 g/mol. The Hall–Kier alpha value is -0.0800. The maximum Gasteiger partial charge on any atom is 0.0615 e. The average molecular weight is 213 g/mol. The molecule has 0 heterocycles. The van der Waals surface area contributed by atoms with E-state index in [0.29, 0.717) is 6.04 Å². The van der Waals surface area contributed by atoms with Gasteiger partial charge in [-0.25, -0.2) is 0 Å². The van der Waals surface area contributed by atoms with Crippen LogP contribution in [0.3, 0.4) is 0 Å². The molecule has 2 nitrogen and oxygen atoms in total. The maximum absolute atomic E-state index is 5.24. The highest BCUT2D eigenvalue weighted by molar-refractivity contribution is 4.91. The van der Waals surface area contributed by atoms with E-state index in [2.05, 4.69) is 26.1 Å². The summed E-state index contributed by atoms with van der Waals surface area (Å²) in [4.78, 5) is 0. The molecule has 0 aromatic carbocycles. The fraction of sp³-hybridized carbons (Fsp3) is 1.00. The topological polar surface area (TPSA) is 21.3 Å². The third-order valence-electron chi connectivity index (χ3n) is 3.81. The molecular weight excluding hydrogens is 186 g/mol. The number of hydrogen-bond acceptors (Lipinski definition) is 2. The van der Waals surface area contributed by atoms with Crippen molar-refractivity contribution in [1.82, 2.24) is 5.32 Å². The molecule has 0 aromatic rings. The van der Waals surface area contributed by atoms with Crippen LogP contribution >= 0.6 is 0 Å². The van der Waals surface area contributed by atoms with Gasteiger partial charge in [0.2, 0.25) is 0 Å². The Kier molecular flexibility index (Phi) is 5.07. The van der Waals surface area contributed by atoms with Crippen LogP contribution in [0.2, 0.25) is 0 Å². The zero-order valence-electron chi connectivity index (χ0n) is 10.8. The van der Waals surface area contributed by atoms with Gasteiger partial charge >= 0.3 is 0 Å². The zero-order chi connectivity index (χ0) is 11.3. The van der Waals surface area contributed by atoms with Crippen molar-refractivity contribution < 1.29 is 4.74 Å². The summed E-state index contributed by atoms with van der Waals surface area (Å²) in [5, 5.41) is 3.76. The minimum Gasteiger partial charge on any atom is -0.383 e. The second-order valence-corrected chi connectivity index (χ2v) is 5.41. The molecule has 0 aromatic heterocycles. The van der Waals surface area contributed by atoms with Crippen LogP contribution in [0.25, 0.3) is 0 Å². The fourth-order valence-corrected chi connectivity index (χ4v) is 2.75. The highest BCUT2D eigenvalue weighted by Gasteiger charge is 2.32. The first-order chi connectivity index (χ1) is 7.10. The van der Waals surface area contributed by atoms with Crippen LogP contribution in [0.4, 0.5) is 0 Å². The van der Waals surface area contributed by atoms with E-state index in [-0.39, 0.29) is 5.54 Å². The number of nitrogens with one attached hydrogen (secondary N) is 1. The summed E-state index contributed by atoms with van der Waals surface area (Å²) in [7, 11) is 1.78. The Morgan fingerprint density at radius 2 is 1.93 bits per heavy atom. The molecule has 0 saturated heterocycles. The van der Waals surface area contributed by atoms with Crippen molar-refractivity contribution in [1.29, 1.82) is 0 Å². The van der Waals surface area contributed by atoms with Crippen LogP contribution in [0.15, 0.2) is 0 Å². The maximum atomic E-state index is 5.24. The lowest BCUT2D eigenvalue weighted by Crippen LogP contribution is -2.51. The molecule has 0 amide bonds. The predicted molar refractivity (Wildman–Crippen MR) is 65.1 cm³/mol. The minimum atomic E-state index is 0.274. The summed E-state index contributed by atoms with van der Waals surface area (Å²) in [6.45, 7) is 7.75. The van der Waals surface area contributed by atoms with Crippen molar-refractivity contribution in [2.45, 2.75) is 64.5 Å². The van der Waals surface area contributed by atoms with E-state index in [1.807, 2.05) is 0 Å². The van der Waals surface area contributed by atoms with Crippen LogP contribution in [-0.4, -0.2) is 25.3 Å². The van der Waals surface area contributed by atoms with Gasteiger partial charge in [-0.3, -0.25) is 0 Å². The molecule has 1 aliphatic carbocycles. The van der Waals surface area contributed by atoms with Crippen molar-refractivity contribution >= 4 is 0 Å². The quantitative estimate of drug-likeness (QED) is 0.732. The van der Waals surface area contributed by atoms with E-state index in [1.54, 1.807) is 7.11 Å². The van der Waals surface area contributed by atoms with Crippen LogP contribution in [0, 0.1) is 5.92 Å². The molecule has 1 rings (SSSR count). The molecule has 2 heteroatoms. The lowest BCUT2D eigenvalue weighted by atomic mass is 9.85. The van der Waals surface area contributed by atoms with Gasteiger partial charge in [0.1, 0.15) is 0 Å². The Morgan fingerprint density at radius 3 is 2.40 bits per heavy atom. The van der Waals surface area contributed by atoms with Gasteiger partial charge in [0.15, 0.2) is 0 Å². The molecule has 0 aliphatic heterocycles. The van der Waals surface area contributed by atoms with Gasteiger partial charge < -0.3 is 10.1 Å². The lowest BCUT2D eigenvalue weighted by molar-refractivity contribution is 0.131. The summed E-state index contributed by atoms with van der Waals surface area (Å²) in [5.74, 6) is 0.850. The first-order valence-corrected chi connectivity index (χ1v) is 6.36. The lowest BCUT2D eigenvalue weighted by Gasteiger charge is -2.36. The molecule has 1 N–H and O–H groups in total. The second kappa shape index (κ2) is 5.86. The number of hydrogen-bond donors (Lipinski definition) is 1. The predicted octanol–water partition coefficient (Wildman–Crippen LogP) is 2.97. The summed E-state index contributed by atoms with van der Waals surface area (Å²) < 4.78 is 5.24. The molecule has 0 radical (unpaired) electrons. The molecule has 90 valence electrons. The van der Waals surface area contributed by atoms with Crippen molar-refractivity contribution in [3.63, 3.8) is 0 Å². The summed E-state index contributed by atoms with van der Waals surface area (Å²) in [5.41, 5.74) is 0.274. The van der Waals surface area contributed by atoms with Crippen molar-refractivity contribution in [3.8, 4) is 0 Å². The Morgan fingerprint density at radius 1 is 1.33 bits per heavy atom. The third-order valence-corrected chi connectivity index (χ3v) is 3.81. The smallest absolute Gasteiger partial charge is 0.0615 e. The minimum absolute atomic E-state index is 0.274. The Labute approximate surface area is 94.8 Å². The zero-order valence-corrected chi connectivity index (χ0v) is 10.8. The van der Waals surface area contributed by atoms with Crippen molar-refractivity contribution in [3.05, 3.63) is 0 Å². The molecule has 15 heavy (non-hydrogen) atoms. The molecule has 0 spiro atoms. The van der Waals surface area contributed by atoms with E-state index >= 15 is 0 Å². The standard InChI is InChI=1S/C13H27NO/c1-5-12(10-15-4)14-13(2,3)11-8-6-7-9-11/h11-12,14H,5-10H2,1-4H3. The van der Waals surface area contributed by atoms with E-state index in [9.17, 15) is 0 Å². The Balaban J connectivity index is 2.44. The molecule has 0 bridgehead atoms. The summed E-state index contributed by atoms with van der Waals surface area (Å²) in [6, 6.07) is 0.505. The molecular formula is C13H27NO. The summed E-state index contributed by atoms with van der Waals surface area (Å²) in [6.07, 6.45) is 6.75. The molecule has 1 atom stereocenters. The molecule has 1 unspecified atom stereocenters. The van der Waals surface area contributed by atoms with E-state index < -0.39 is 0 Å². The number of rotatable bonds is 6.